The van der Waals surface area contributed by atoms with E-state index in [4.69, 9.17) is 0 Å². The molecular weight excluding hydrogens is 206 g/mol. The summed E-state index contributed by atoms with van der Waals surface area (Å²) < 4.78 is 0. The zero-order valence-electron chi connectivity index (χ0n) is 1.60. The topological polar surface area (TPSA) is 0 Å². The van der Waals surface area contributed by atoms with Crippen molar-refractivity contribution in [3.63, 3.8) is 0 Å². The molecule has 0 rings (SSSR count). The van der Waals surface area contributed by atoms with Gasteiger partial charge in [0, 0.05) is 61.9 Å². The minimum absolute atomic E-state index is 0. The van der Waals surface area contributed by atoms with Gasteiger partial charge in [-0.1, -0.05) is 7.43 Å². The van der Waals surface area contributed by atoms with Crippen LogP contribution in [0.3, 0.4) is 0 Å². The van der Waals surface area contributed by atoms with Gasteiger partial charge in [0.1, 0.15) is 0 Å². The minimum atomic E-state index is 0. The predicted molar refractivity (Wildman–Crippen MR) is 12.5 cm³/mol. The number of hydrogen-bond donors (Lipinski definition) is 0. The molecule has 0 aliphatic carbocycles. The molecule has 0 saturated heterocycles. The normalized spacial score (nSPS) is 0. The predicted octanol–water partition coefficient (Wildman–Crippen LogP) is 0.248. The molecule has 0 nitrogen and oxygen atoms in total. The summed E-state index contributed by atoms with van der Waals surface area (Å²) in [4.78, 5) is 0. The fourth-order valence-electron chi connectivity index (χ4n) is 0. The van der Waals surface area contributed by atoms with Crippen LogP contribution in [0.25, 0.3) is 0 Å². The maximum Gasteiger partial charge on any atom is 0 e. The van der Waals surface area contributed by atoms with Crippen molar-refractivity contribution >= 4 is 11.0 Å². The van der Waals surface area contributed by atoms with Crippen molar-refractivity contribution in [2.24, 2.45) is 0 Å². The van der Waals surface area contributed by atoms with E-state index >= 15 is 0 Å². The second-order valence-corrected chi connectivity index (χ2v) is 0. The first kappa shape index (κ1) is 72.3. The standard InChI is InChI=1S/CH4.Cr.Mn.Ni.Si/h1H4;;;;. The van der Waals surface area contributed by atoms with E-state index in [0.29, 0.717) is 0 Å². The molecule has 0 aromatic carbocycles. The largest absolute Gasteiger partial charge is 0.0776 e. The molecule has 0 aliphatic heterocycles. The van der Waals surface area contributed by atoms with E-state index in [0.717, 1.165) is 0 Å². The van der Waals surface area contributed by atoms with Crippen LogP contribution in [0.4, 0.5) is 0 Å². The van der Waals surface area contributed by atoms with Gasteiger partial charge in [0.05, 0.1) is 0 Å². The second kappa shape index (κ2) is 42.1. The van der Waals surface area contributed by atoms with Crippen LogP contribution in [0.1, 0.15) is 7.43 Å². The summed E-state index contributed by atoms with van der Waals surface area (Å²) in [6, 6.07) is 0. The van der Waals surface area contributed by atoms with Crippen molar-refractivity contribution in [3.8, 4) is 0 Å². The van der Waals surface area contributed by atoms with Crippen molar-refractivity contribution in [3.05, 3.63) is 0 Å². The van der Waals surface area contributed by atoms with E-state index in [1.54, 1.807) is 0 Å². The molecule has 0 aliphatic rings. The maximum atomic E-state index is 0. The first-order valence-corrected chi connectivity index (χ1v) is 0. The van der Waals surface area contributed by atoms with Crippen LogP contribution in [0, 0.1) is 0 Å². The Morgan fingerprint density at radius 3 is 1.00 bits per heavy atom. The molecule has 0 aromatic heterocycles. The van der Waals surface area contributed by atoms with Crippen molar-refractivity contribution in [1.82, 2.24) is 0 Å². The molecule has 0 spiro atoms. The Kier molecular flexibility index (Phi) is 608. The van der Waals surface area contributed by atoms with Crippen LogP contribution in [0.5, 0.6) is 0 Å². The van der Waals surface area contributed by atoms with Gasteiger partial charge in [-0.3, -0.25) is 0 Å². The third kappa shape index (κ3) is 26.3. The Hall–Kier alpha value is 1.76. The second-order valence-electron chi connectivity index (χ2n) is 0. The van der Waals surface area contributed by atoms with Gasteiger partial charge in [0.25, 0.3) is 0 Å². The van der Waals surface area contributed by atoms with E-state index in [1.165, 1.54) is 0 Å². The summed E-state index contributed by atoms with van der Waals surface area (Å²) >= 11 is 0. The Bertz CT molecular complexity index is 11.6. The van der Waals surface area contributed by atoms with Crippen molar-refractivity contribution in [2.75, 3.05) is 0 Å². The Labute approximate surface area is 69.0 Å². The van der Waals surface area contributed by atoms with Gasteiger partial charge >= 0.3 is 0 Å². The van der Waals surface area contributed by atoms with Gasteiger partial charge in [-0.2, -0.15) is 0 Å². The molecule has 0 aromatic rings. The average Bonchev–Trinajstić information content (AvgIpc) is 0. The molecule has 0 unspecified atom stereocenters. The van der Waals surface area contributed by atoms with Gasteiger partial charge in [-0.15, -0.1) is 0 Å². The van der Waals surface area contributed by atoms with Gasteiger partial charge in [-0.05, 0) is 0 Å². The van der Waals surface area contributed by atoms with Crippen molar-refractivity contribution in [1.29, 1.82) is 0 Å². The average molecular weight is 210 g/mol. The summed E-state index contributed by atoms with van der Waals surface area (Å²) in [6.45, 7) is 0. The van der Waals surface area contributed by atoms with Gasteiger partial charge in [0.2, 0.25) is 0 Å². The zero-order chi connectivity index (χ0) is 0. The molecule has 35 valence electrons. The van der Waals surface area contributed by atoms with Crippen molar-refractivity contribution < 1.29 is 50.9 Å². The van der Waals surface area contributed by atoms with Gasteiger partial charge in [-0.25, -0.2) is 0 Å². The summed E-state index contributed by atoms with van der Waals surface area (Å²) in [5.41, 5.74) is 0. The smallest absolute Gasteiger partial charge is 0 e. The van der Waals surface area contributed by atoms with E-state index < -0.39 is 0 Å². The Balaban J connectivity index is 0. The molecular formula is CH4CrMnNiSi. The van der Waals surface area contributed by atoms with Crippen LogP contribution in [-0.2, 0) is 50.9 Å². The molecule has 0 bridgehead atoms. The summed E-state index contributed by atoms with van der Waals surface area (Å²) in [6.07, 6.45) is 0. The first-order chi connectivity index (χ1) is 0. The Morgan fingerprint density at radius 1 is 1.00 bits per heavy atom. The molecule has 4 heteroatoms. The molecule has 0 heterocycles. The molecule has 0 N–H and O–H groups in total. The van der Waals surface area contributed by atoms with E-state index in [2.05, 4.69) is 0 Å². The number of hydrogen-bond acceptors (Lipinski definition) is 0. The maximum absolute atomic E-state index is 0. The third-order valence-electron chi connectivity index (χ3n) is 0. The van der Waals surface area contributed by atoms with E-state index in [9.17, 15) is 0 Å². The molecule has 0 atom stereocenters. The fourth-order valence-corrected chi connectivity index (χ4v) is 0. The molecule has 5 heavy (non-hydrogen) atoms. The molecule has 5 radical (unpaired) electrons. The van der Waals surface area contributed by atoms with E-state index in [1.807, 2.05) is 0 Å². The van der Waals surface area contributed by atoms with Crippen LogP contribution in [0.15, 0.2) is 0 Å². The van der Waals surface area contributed by atoms with Gasteiger partial charge < -0.3 is 0 Å². The fraction of sp³-hybridized carbons (Fsp3) is 1.00. The first-order valence-electron chi connectivity index (χ1n) is 0. The van der Waals surface area contributed by atoms with Crippen LogP contribution >= 0.6 is 0 Å². The SMILES string of the molecule is C.[Cr].[Mn].[Ni].[Si]. The molecule has 0 amide bonds. The van der Waals surface area contributed by atoms with Crippen LogP contribution in [-0.4, -0.2) is 11.0 Å². The summed E-state index contributed by atoms with van der Waals surface area (Å²) in [5, 5.41) is 0. The summed E-state index contributed by atoms with van der Waals surface area (Å²) in [5.74, 6) is 0. The summed E-state index contributed by atoms with van der Waals surface area (Å²) in [7, 11) is 0. The Morgan fingerprint density at radius 2 is 1.00 bits per heavy atom. The van der Waals surface area contributed by atoms with Crippen LogP contribution in [0.2, 0.25) is 0 Å². The van der Waals surface area contributed by atoms with Crippen LogP contribution < -0.4 is 0 Å². The molecule has 0 fully saturated rings. The molecule has 0 saturated carbocycles. The van der Waals surface area contributed by atoms with Gasteiger partial charge in [0.15, 0.2) is 0 Å². The monoisotopic (exact) mass is 209 g/mol. The van der Waals surface area contributed by atoms with Crippen molar-refractivity contribution in [2.45, 2.75) is 7.43 Å². The van der Waals surface area contributed by atoms with E-state index in [-0.39, 0.29) is 69.3 Å². The third-order valence-corrected chi connectivity index (χ3v) is 0. The zero-order valence-corrected chi connectivity index (χ0v) is 6.05. The quantitative estimate of drug-likeness (QED) is 0.502. The number of rotatable bonds is 0. The minimum Gasteiger partial charge on any atom is -0.0776 e.